The topological polar surface area (TPSA) is 61.8 Å². The van der Waals surface area contributed by atoms with Gasteiger partial charge in [0.15, 0.2) is 5.96 Å². The number of aromatic nitrogens is 1. The van der Waals surface area contributed by atoms with Crippen molar-refractivity contribution in [3.05, 3.63) is 23.9 Å². The second-order valence-corrected chi connectivity index (χ2v) is 7.07. The van der Waals surface area contributed by atoms with E-state index in [1.807, 2.05) is 19.1 Å². The van der Waals surface area contributed by atoms with Gasteiger partial charge in [-0.2, -0.15) is 0 Å². The molecule has 0 aliphatic carbocycles. The summed E-state index contributed by atoms with van der Waals surface area (Å²) in [6.45, 7) is 11.1. The van der Waals surface area contributed by atoms with Crippen molar-refractivity contribution in [1.29, 1.82) is 0 Å². The number of aliphatic imine (C=N–C) groups is 1. The number of nitrogens with one attached hydrogen (secondary N) is 2. The van der Waals surface area contributed by atoms with E-state index >= 15 is 0 Å². The predicted molar refractivity (Wildman–Crippen MR) is 119 cm³/mol. The van der Waals surface area contributed by atoms with Gasteiger partial charge in [-0.05, 0) is 58.3 Å². The summed E-state index contributed by atoms with van der Waals surface area (Å²) in [4.78, 5) is 11.1. The van der Waals surface area contributed by atoms with E-state index in [2.05, 4.69) is 39.4 Å². The molecule has 0 bridgehead atoms. The smallest absolute Gasteiger partial charge is 0.213 e. The molecule has 0 amide bonds. The molecule has 1 aliphatic rings. The molecule has 1 aromatic rings. The zero-order valence-electron chi connectivity index (χ0n) is 16.5. The Balaban J connectivity index is 0.00000338. The van der Waals surface area contributed by atoms with E-state index in [0.717, 1.165) is 18.1 Å². The lowest BCUT2D eigenvalue weighted by molar-refractivity contribution is 0.0982. The maximum atomic E-state index is 5.45. The first-order valence-corrected chi connectivity index (χ1v) is 9.32. The van der Waals surface area contributed by atoms with Gasteiger partial charge in [0.25, 0.3) is 0 Å². The zero-order chi connectivity index (χ0) is 18.1. The van der Waals surface area contributed by atoms with Crippen LogP contribution in [0.3, 0.4) is 0 Å². The van der Waals surface area contributed by atoms with Gasteiger partial charge in [0, 0.05) is 37.9 Å². The van der Waals surface area contributed by atoms with E-state index in [0.29, 0.717) is 19.0 Å². The van der Waals surface area contributed by atoms with E-state index in [1.165, 1.54) is 32.4 Å². The third-order valence-electron chi connectivity index (χ3n) is 4.68. The van der Waals surface area contributed by atoms with Crippen LogP contribution >= 0.6 is 24.0 Å². The Morgan fingerprint density at radius 2 is 2.00 bits per heavy atom. The van der Waals surface area contributed by atoms with Gasteiger partial charge in [0.1, 0.15) is 0 Å². The molecule has 7 heteroatoms. The SMILES string of the molecule is CCOc1cc(CNC(=NC)NCC(C)(C)N2CCCCC2)ccn1.I. The molecule has 2 rings (SSSR count). The molecule has 0 spiro atoms. The summed E-state index contributed by atoms with van der Waals surface area (Å²) < 4.78 is 5.45. The Morgan fingerprint density at radius 1 is 1.27 bits per heavy atom. The van der Waals surface area contributed by atoms with Crippen molar-refractivity contribution in [2.75, 3.05) is 33.3 Å². The largest absolute Gasteiger partial charge is 0.478 e. The predicted octanol–water partition coefficient (Wildman–Crippen LogP) is 3.03. The van der Waals surface area contributed by atoms with Crippen LogP contribution in [0.25, 0.3) is 0 Å². The molecule has 148 valence electrons. The molecule has 1 fully saturated rings. The third kappa shape index (κ3) is 7.26. The normalized spacial score (nSPS) is 15.9. The van der Waals surface area contributed by atoms with Crippen LogP contribution in [0.4, 0.5) is 0 Å². The highest BCUT2D eigenvalue weighted by atomic mass is 127. The number of pyridine rings is 1. The van der Waals surface area contributed by atoms with Gasteiger partial charge in [-0.1, -0.05) is 6.42 Å². The van der Waals surface area contributed by atoms with Gasteiger partial charge in [-0.25, -0.2) is 4.98 Å². The Bertz CT molecular complexity index is 559. The van der Waals surface area contributed by atoms with Crippen molar-refractivity contribution in [3.63, 3.8) is 0 Å². The fraction of sp³-hybridized carbons (Fsp3) is 0.684. The van der Waals surface area contributed by atoms with Crippen molar-refractivity contribution in [2.24, 2.45) is 4.99 Å². The molecule has 0 atom stereocenters. The van der Waals surface area contributed by atoms with Gasteiger partial charge < -0.3 is 15.4 Å². The first kappa shape index (κ1) is 23.0. The number of nitrogens with zero attached hydrogens (tertiary/aromatic N) is 3. The van der Waals surface area contributed by atoms with E-state index in [9.17, 15) is 0 Å². The maximum Gasteiger partial charge on any atom is 0.213 e. The summed E-state index contributed by atoms with van der Waals surface area (Å²) >= 11 is 0. The summed E-state index contributed by atoms with van der Waals surface area (Å²) in [5, 5.41) is 6.83. The first-order chi connectivity index (χ1) is 12.0. The van der Waals surface area contributed by atoms with Crippen LogP contribution in [0.2, 0.25) is 0 Å². The number of hydrogen-bond acceptors (Lipinski definition) is 4. The number of hydrogen-bond donors (Lipinski definition) is 2. The summed E-state index contributed by atoms with van der Waals surface area (Å²) in [6.07, 6.45) is 5.75. The van der Waals surface area contributed by atoms with E-state index in [4.69, 9.17) is 4.74 Å². The van der Waals surface area contributed by atoms with E-state index in [-0.39, 0.29) is 29.5 Å². The second-order valence-electron chi connectivity index (χ2n) is 7.07. The lowest BCUT2D eigenvalue weighted by Gasteiger charge is -2.41. The summed E-state index contributed by atoms with van der Waals surface area (Å²) in [6, 6.07) is 3.95. The second kappa shape index (κ2) is 11.6. The Labute approximate surface area is 175 Å². The molecule has 1 aliphatic heterocycles. The first-order valence-electron chi connectivity index (χ1n) is 9.32. The van der Waals surface area contributed by atoms with Crippen LogP contribution in [0.5, 0.6) is 5.88 Å². The molecule has 1 aromatic heterocycles. The van der Waals surface area contributed by atoms with E-state index in [1.54, 1.807) is 13.2 Å². The Hall–Kier alpha value is -1.09. The summed E-state index contributed by atoms with van der Waals surface area (Å²) in [7, 11) is 1.81. The fourth-order valence-corrected chi connectivity index (χ4v) is 3.10. The molecule has 6 nitrogen and oxygen atoms in total. The standard InChI is InChI=1S/C19H33N5O.HI/c1-5-25-17-13-16(9-10-21-17)14-22-18(20-4)23-15-19(2,3)24-11-7-6-8-12-24;/h9-10,13H,5-8,11-12,14-15H2,1-4H3,(H2,20,22,23);1H. The molecule has 0 unspecified atom stereocenters. The van der Waals surface area contributed by atoms with Gasteiger partial charge in [-0.15, -0.1) is 24.0 Å². The monoisotopic (exact) mass is 475 g/mol. The molecule has 26 heavy (non-hydrogen) atoms. The number of ether oxygens (including phenoxy) is 1. The van der Waals surface area contributed by atoms with Crippen molar-refractivity contribution >= 4 is 29.9 Å². The average Bonchev–Trinajstić information content (AvgIpc) is 2.63. The highest BCUT2D eigenvalue weighted by molar-refractivity contribution is 14.0. The van der Waals surface area contributed by atoms with Gasteiger partial charge >= 0.3 is 0 Å². The molecular formula is C19H34IN5O. The van der Waals surface area contributed by atoms with Crippen LogP contribution in [0.15, 0.2) is 23.3 Å². The highest BCUT2D eigenvalue weighted by Gasteiger charge is 2.27. The maximum absolute atomic E-state index is 5.45. The molecule has 0 saturated carbocycles. The Kier molecular flexibility index (Phi) is 10.2. The summed E-state index contributed by atoms with van der Waals surface area (Å²) in [5.74, 6) is 1.48. The molecule has 2 heterocycles. The lowest BCUT2D eigenvalue weighted by atomic mass is 9.98. The molecule has 0 aromatic carbocycles. The average molecular weight is 475 g/mol. The quantitative estimate of drug-likeness (QED) is 0.361. The zero-order valence-corrected chi connectivity index (χ0v) is 18.9. The van der Waals surface area contributed by atoms with Crippen molar-refractivity contribution in [3.8, 4) is 5.88 Å². The molecular weight excluding hydrogens is 441 g/mol. The van der Waals surface area contributed by atoms with E-state index < -0.39 is 0 Å². The van der Waals surface area contributed by atoms with Crippen LogP contribution in [0, 0.1) is 0 Å². The lowest BCUT2D eigenvalue weighted by Crippen LogP contribution is -2.54. The highest BCUT2D eigenvalue weighted by Crippen LogP contribution is 2.19. The number of guanidine groups is 1. The molecule has 1 saturated heterocycles. The van der Waals surface area contributed by atoms with Gasteiger partial charge in [0.2, 0.25) is 5.88 Å². The van der Waals surface area contributed by atoms with Crippen molar-refractivity contribution in [2.45, 2.75) is 52.1 Å². The van der Waals surface area contributed by atoms with Crippen LogP contribution < -0.4 is 15.4 Å². The summed E-state index contributed by atoms with van der Waals surface area (Å²) in [5.41, 5.74) is 1.24. The Morgan fingerprint density at radius 3 is 2.65 bits per heavy atom. The minimum atomic E-state index is 0. The number of halogens is 1. The van der Waals surface area contributed by atoms with Crippen molar-refractivity contribution < 1.29 is 4.74 Å². The van der Waals surface area contributed by atoms with Crippen LogP contribution in [0.1, 0.15) is 45.6 Å². The fourth-order valence-electron chi connectivity index (χ4n) is 3.10. The molecule has 2 N–H and O–H groups in total. The number of piperidine rings is 1. The van der Waals surface area contributed by atoms with Crippen LogP contribution in [-0.2, 0) is 6.54 Å². The number of rotatable bonds is 7. The minimum absolute atomic E-state index is 0. The van der Waals surface area contributed by atoms with Gasteiger partial charge in [-0.3, -0.25) is 9.89 Å². The minimum Gasteiger partial charge on any atom is -0.478 e. The number of likely N-dealkylation sites (tertiary alicyclic amines) is 1. The van der Waals surface area contributed by atoms with Gasteiger partial charge in [0.05, 0.1) is 6.61 Å². The van der Waals surface area contributed by atoms with Crippen LogP contribution in [-0.4, -0.2) is 54.7 Å². The third-order valence-corrected chi connectivity index (χ3v) is 4.68. The van der Waals surface area contributed by atoms with Crippen molar-refractivity contribution in [1.82, 2.24) is 20.5 Å². The molecule has 0 radical (unpaired) electrons.